The highest BCUT2D eigenvalue weighted by atomic mass is 16.8. The van der Waals surface area contributed by atoms with Gasteiger partial charge in [-0.15, -0.1) is 0 Å². The third-order valence-corrected chi connectivity index (χ3v) is 3.37. The van der Waals surface area contributed by atoms with Crippen LogP contribution in [-0.4, -0.2) is 41.3 Å². The molecule has 3 rings (SSSR count). The number of carbonyl (C=O) groups excluding carboxylic acids is 1. The van der Waals surface area contributed by atoms with Crippen LogP contribution >= 0.6 is 0 Å². The number of aliphatic hydroxyl groups excluding tert-OH is 1. The van der Waals surface area contributed by atoms with Crippen LogP contribution in [0.25, 0.3) is 0 Å². The normalized spacial score (nSPS) is 51.4. The Labute approximate surface area is 87.3 Å². The van der Waals surface area contributed by atoms with Crippen molar-refractivity contribution < 1.29 is 24.1 Å². The van der Waals surface area contributed by atoms with Crippen LogP contribution in [0.4, 0.5) is 0 Å². The molecule has 1 N–H and O–H groups in total. The molecule has 5 nitrogen and oxygen atoms in total. The predicted octanol–water partition coefficient (Wildman–Crippen LogP) is -0.187. The van der Waals surface area contributed by atoms with E-state index in [1.54, 1.807) is 0 Å². The molecule has 3 fully saturated rings. The van der Waals surface area contributed by atoms with Crippen LogP contribution in [0.1, 0.15) is 20.3 Å². The monoisotopic (exact) mass is 214 g/mol. The standard InChI is InChI=1S/C10H14O5/c1-10(2)14-5-3-4-6(11)9(12)13-7(4)8(5)15-10/h4-8,11H,3H2,1-2H3/t4?,5?,6-,7?,8+/m0/s1. The maximum atomic E-state index is 11.2. The van der Waals surface area contributed by atoms with Gasteiger partial charge in [-0.1, -0.05) is 0 Å². The topological polar surface area (TPSA) is 65.0 Å². The number of hydrogen-bond acceptors (Lipinski definition) is 5. The van der Waals surface area contributed by atoms with Crippen LogP contribution in [0.3, 0.4) is 0 Å². The van der Waals surface area contributed by atoms with Gasteiger partial charge in [0.2, 0.25) is 0 Å². The highest BCUT2D eigenvalue weighted by Gasteiger charge is 2.61. The second-order valence-corrected chi connectivity index (χ2v) is 4.88. The van der Waals surface area contributed by atoms with Crippen molar-refractivity contribution in [3.05, 3.63) is 0 Å². The first-order valence-electron chi connectivity index (χ1n) is 5.22. The van der Waals surface area contributed by atoms with E-state index in [9.17, 15) is 9.90 Å². The lowest BCUT2D eigenvalue weighted by molar-refractivity contribution is -0.169. The molecule has 0 aromatic carbocycles. The van der Waals surface area contributed by atoms with Gasteiger partial charge in [0.15, 0.2) is 11.9 Å². The Bertz CT molecular complexity index is 313. The summed E-state index contributed by atoms with van der Waals surface area (Å²) in [5.74, 6) is -1.30. The van der Waals surface area contributed by atoms with Crippen molar-refractivity contribution in [3.63, 3.8) is 0 Å². The molecule has 5 atom stereocenters. The molecular weight excluding hydrogens is 200 g/mol. The number of hydrogen-bond donors (Lipinski definition) is 1. The quantitative estimate of drug-likeness (QED) is 0.566. The van der Waals surface area contributed by atoms with Crippen LogP contribution in [-0.2, 0) is 19.0 Å². The minimum atomic E-state index is -1.00. The van der Waals surface area contributed by atoms with Crippen LogP contribution in [0.2, 0.25) is 0 Å². The number of aliphatic hydroxyl groups is 1. The Morgan fingerprint density at radius 1 is 1.33 bits per heavy atom. The minimum absolute atomic E-state index is 0.0576. The van der Waals surface area contributed by atoms with Crippen molar-refractivity contribution in [1.29, 1.82) is 0 Å². The first kappa shape index (κ1) is 9.57. The summed E-state index contributed by atoms with van der Waals surface area (Å²) in [5, 5.41) is 9.57. The van der Waals surface area contributed by atoms with E-state index < -0.39 is 17.9 Å². The molecule has 0 aromatic rings. The smallest absolute Gasteiger partial charge is 0.335 e. The fraction of sp³-hybridized carbons (Fsp3) is 0.900. The average molecular weight is 214 g/mol. The van der Waals surface area contributed by atoms with Crippen molar-refractivity contribution in [1.82, 2.24) is 0 Å². The van der Waals surface area contributed by atoms with Gasteiger partial charge >= 0.3 is 5.97 Å². The van der Waals surface area contributed by atoms with Crippen LogP contribution < -0.4 is 0 Å². The van der Waals surface area contributed by atoms with E-state index in [0.717, 1.165) is 0 Å². The van der Waals surface area contributed by atoms with Gasteiger partial charge in [0.25, 0.3) is 0 Å². The number of ether oxygens (including phenoxy) is 3. The molecule has 1 aliphatic carbocycles. The van der Waals surface area contributed by atoms with Crippen molar-refractivity contribution in [2.45, 2.75) is 50.5 Å². The molecule has 0 aromatic heterocycles. The van der Waals surface area contributed by atoms with E-state index in [0.29, 0.717) is 6.42 Å². The summed E-state index contributed by atoms with van der Waals surface area (Å²) in [4.78, 5) is 11.2. The van der Waals surface area contributed by atoms with Gasteiger partial charge in [-0.05, 0) is 20.3 Å². The van der Waals surface area contributed by atoms with Crippen LogP contribution in [0.15, 0.2) is 0 Å². The molecule has 3 unspecified atom stereocenters. The molecule has 3 aliphatic rings. The van der Waals surface area contributed by atoms with E-state index in [4.69, 9.17) is 14.2 Å². The Kier molecular flexibility index (Phi) is 1.74. The zero-order chi connectivity index (χ0) is 10.8. The zero-order valence-corrected chi connectivity index (χ0v) is 8.67. The third-order valence-electron chi connectivity index (χ3n) is 3.37. The minimum Gasteiger partial charge on any atom is -0.457 e. The fourth-order valence-electron chi connectivity index (χ4n) is 2.81. The molecule has 2 heterocycles. The third kappa shape index (κ3) is 1.23. The second kappa shape index (κ2) is 2.72. The van der Waals surface area contributed by atoms with E-state index in [-0.39, 0.29) is 24.2 Å². The average Bonchev–Trinajstić information content (AvgIpc) is 2.66. The number of esters is 1. The molecule has 2 saturated heterocycles. The first-order chi connectivity index (χ1) is 6.98. The Morgan fingerprint density at radius 3 is 2.80 bits per heavy atom. The summed E-state index contributed by atoms with van der Waals surface area (Å²) >= 11 is 0. The SMILES string of the molecule is CC1(C)OC2CC3C(OC(=O)[C@H]3O)[C@@H]2O1. The van der Waals surface area contributed by atoms with E-state index >= 15 is 0 Å². The highest BCUT2D eigenvalue weighted by Crippen LogP contribution is 2.46. The largest absolute Gasteiger partial charge is 0.457 e. The van der Waals surface area contributed by atoms with Gasteiger partial charge in [-0.2, -0.15) is 0 Å². The summed E-state index contributed by atoms with van der Waals surface area (Å²) < 4.78 is 16.5. The number of rotatable bonds is 0. The second-order valence-electron chi connectivity index (χ2n) is 4.88. The number of fused-ring (bicyclic) bond motifs is 3. The van der Waals surface area contributed by atoms with Crippen molar-refractivity contribution in [2.75, 3.05) is 0 Å². The lowest BCUT2D eigenvalue weighted by Crippen LogP contribution is -2.31. The summed E-state index contributed by atoms with van der Waals surface area (Å²) in [6, 6.07) is 0. The lowest BCUT2D eigenvalue weighted by atomic mass is 10.0. The van der Waals surface area contributed by atoms with Crippen LogP contribution in [0, 0.1) is 5.92 Å². The molecule has 2 aliphatic heterocycles. The summed E-state index contributed by atoms with van der Waals surface area (Å²) in [6.07, 6.45) is -0.981. The molecular formula is C10H14O5. The Morgan fingerprint density at radius 2 is 2.07 bits per heavy atom. The molecule has 0 radical (unpaired) electrons. The van der Waals surface area contributed by atoms with Gasteiger partial charge < -0.3 is 19.3 Å². The van der Waals surface area contributed by atoms with Gasteiger partial charge in [0.1, 0.15) is 12.2 Å². The first-order valence-corrected chi connectivity index (χ1v) is 5.22. The van der Waals surface area contributed by atoms with Crippen molar-refractivity contribution >= 4 is 5.97 Å². The summed E-state index contributed by atoms with van der Waals surface area (Å²) in [6.45, 7) is 3.68. The summed E-state index contributed by atoms with van der Waals surface area (Å²) in [5.41, 5.74) is 0. The van der Waals surface area contributed by atoms with Gasteiger partial charge in [-0.25, -0.2) is 4.79 Å². The van der Waals surface area contributed by atoms with Crippen LogP contribution in [0.5, 0.6) is 0 Å². The van der Waals surface area contributed by atoms with Gasteiger partial charge in [-0.3, -0.25) is 0 Å². The van der Waals surface area contributed by atoms with E-state index in [1.807, 2.05) is 13.8 Å². The maximum Gasteiger partial charge on any atom is 0.335 e. The van der Waals surface area contributed by atoms with Gasteiger partial charge in [0.05, 0.1) is 6.10 Å². The highest BCUT2D eigenvalue weighted by molar-refractivity contribution is 5.77. The van der Waals surface area contributed by atoms with E-state index in [1.165, 1.54) is 0 Å². The molecule has 1 saturated carbocycles. The zero-order valence-electron chi connectivity index (χ0n) is 8.67. The molecule has 84 valence electrons. The molecule has 0 bridgehead atoms. The Hall–Kier alpha value is -0.650. The van der Waals surface area contributed by atoms with Crippen molar-refractivity contribution in [2.24, 2.45) is 5.92 Å². The van der Waals surface area contributed by atoms with Gasteiger partial charge in [0, 0.05) is 5.92 Å². The Balaban J connectivity index is 1.83. The fourth-order valence-corrected chi connectivity index (χ4v) is 2.81. The summed E-state index contributed by atoms with van der Waals surface area (Å²) in [7, 11) is 0. The molecule has 0 amide bonds. The lowest BCUT2D eigenvalue weighted by Gasteiger charge is -2.21. The molecule has 5 heteroatoms. The molecule has 0 spiro atoms. The maximum absolute atomic E-state index is 11.2. The number of carbonyl (C=O) groups is 1. The predicted molar refractivity (Wildman–Crippen MR) is 47.8 cm³/mol. The van der Waals surface area contributed by atoms with E-state index in [2.05, 4.69) is 0 Å². The van der Waals surface area contributed by atoms with Crippen molar-refractivity contribution in [3.8, 4) is 0 Å². The molecule has 15 heavy (non-hydrogen) atoms.